The molecule has 0 radical (unpaired) electrons. The molecule has 4 heteroatoms. The highest BCUT2D eigenvalue weighted by atomic mass is 35.5. The Balaban J connectivity index is 1.68. The zero-order chi connectivity index (χ0) is 12.5. The second-order valence-corrected chi connectivity index (χ2v) is 7.29. The molecule has 18 heavy (non-hydrogen) atoms. The minimum absolute atomic E-state index is 0.511. The maximum absolute atomic E-state index is 6.06. The van der Waals surface area contributed by atoms with Gasteiger partial charge in [0, 0.05) is 29.5 Å². The van der Waals surface area contributed by atoms with E-state index in [4.69, 9.17) is 11.6 Å². The molecule has 0 aromatic carbocycles. The van der Waals surface area contributed by atoms with Crippen LogP contribution in [-0.2, 0) is 0 Å². The van der Waals surface area contributed by atoms with Crippen LogP contribution in [-0.4, -0.2) is 30.1 Å². The molecule has 2 atom stereocenters. The van der Waals surface area contributed by atoms with Crippen LogP contribution in [0.25, 0.3) is 0 Å². The summed E-state index contributed by atoms with van der Waals surface area (Å²) in [5, 5.41) is 3.62. The van der Waals surface area contributed by atoms with E-state index in [0.29, 0.717) is 12.1 Å². The molecule has 0 amide bonds. The minimum Gasteiger partial charge on any atom is -0.313 e. The van der Waals surface area contributed by atoms with Gasteiger partial charge in [-0.2, -0.15) is 0 Å². The molecule has 1 saturated carbocycles. The largest absolute Gasteiger partial charge is 0.313 e. The summed E-state index contributed by atoms with van der Waals surface area (Å²) in [6, 6.07) is 6.23. The summed E-state index contributed by atoms with van der Waals surface area (Å²) >= 11 is 7.79. The van der Waals surface area contributed by atoms with E-state index in [2.05, 4.69) is 23.2 Å². The van der Waals surface area contributed by atoms with Gasteiger partial charge in [0.1, 0.15) is 0 Å². The van der Waals surface area contributed by atoms with Gasteiger partial charge in [-0.25, -0.2) is 0 Å². The highest BCUT2D eigenvalue weighted by Crippen LogP contribution is 2.37. The second kappa shape index (κ2) is 5.49. The monoisotopic (exact) mass is 284 g/mol. The minimum atomic E-state index is 0.511. The molecule has 2 nitrogen and oxygen atoms in total. The van der Waals surface area contributed by atoms with E-state index in [1.54, 1.807) is 11.3 Å². The maximum atomic E-state index is 6.06. The van der Waals surface area contributed by atoms with E-state index < -0.39 is 0 Å². The van der Waals surface area contributed by atoms with Crippen LogP contribution in [0, 0.1) is 0 Å². The Morgan fingerprint density at radius 3 is 2.83 bits per heavy atom. The zero-order valence-corrected chi connectivity index (χ0v) is 12.4. The van der Waals surface area contributed by atoms with Gasteiger partial charge in [-0.05, 0) is 51.3 Å². The Morgan fingerprint density at radius 2 is 2.28 bits per heavy atom. The molecule has 1 aromatic heterocycles. The summed E-state index contributed by atoms with van der Waals surface area (Å²) in [6.45, 7) is 4.72. The normalized spacial score (nSPS) is 25.8. The lowest BCUT2D eigenvalue weighted by atomic mass is 10.1. The van der Waals surface area contributed by atoms with Crippen molar-refractivity contribution in [3.05, 3.63) is 21.3 Å². The van der Waals surface area contributed by atoms with E-state index in [0.717, 1.165) is 10.4 Å². The van der Waals surface area contributed by atoms with Crippen LogP contribution in [0.4, 0.5) is 0 Å². The van der Waals surface area contributed by atoms with Gasteiger partial charge >= 0.3 is 0 Å². The van der Waals surface area contributed by atoms with Crippen LogP contribution in [0.5, 0.6) is 0 Å². The second-order valence-electron chi connectivity index (χ2n) is 5.54. The molecule has 1 aromatic rings. The first-order valence-electron chi connectivity index (χ1n) is 6.98. The molecular weight excluding hydrogens is 264 g/mol. The quantitative estimate of drug-likeness (QED) is 0.887. The van der Waals surface area contributed by atoms with Gasteiger partial charge in [0.05, 0.1) is 4.34 Å². The number of rotatable bonds is 5. The van der Waals surface area contributed by atoms with Gasteiger partial charge in [0.2, 0.25) is 0 Å². The third-order valence-electron chi connectivity index (χ3n) is 4.11. The summed E-state index contributed by atoms with van der Waals surface area (Å²) in [5.74, 6) is 0. The fourth-order valence-electron chi connectivity index (χ4n) is 2.91. The Kier molecular flexibility index (Phi) is 3.94. The maximum Gasteiger partial charge on any atom is 0.0931 e. The van der Waals surface area contributed by atoms with Crippen LogP contribution in [0.1, 0.15) is 43.5 Å². The number of nitrogens with one attached hydrogen (secondary N) is 1. The van der Waals surface area contributed by atoms with Crippen LogP contribution >= 0.6 is 22.9 Å². The molecule has 1 N–H and O–H groups in total. The van der Waals surface area contributed by atoms with Gasteiger partial charge in [-0.15, -0.1) is 11.3 Å². The Morgan fingerprint density at radius 1 is 1.44 bits per heavy atom. The number of thiophene rings is 1. The fourth-order valence-corrected chi connectivity index (χ4v) is 4.05. The molecule has 1 aliphatic heterocycles. The van der Waals surface area contributed by atoms with E-state index >= 15 is 0 Å². The lowest BCUT2D eigenvalue weighted by Gasteiger charge is -2.31. The van der Waals surface area contributed by atoms with Crippen molar-refractivity contribution < 1.29 is 0 Å². The van der Waals surface area contributed by atoms with Gasteiger partial charge in [-0.3, -0.25) is 4.90 Å². The van der Waals surface area contributed by atoms with E-state index in [1.807, 2.05) is 6.07 Å². The van der Waals surface area contributed by atoms with Crippen LogP contribution in [0.3, 0.4) is 0 Å². The number of nitrogens with zero attached hydrogens (tertiary/aromatic N) is 1. The standard InChI is InChI=1S/C14H21ClN2S/c1-10(13-6-7-14(15)18-13)17(12-4-5-12)9-11-3-2-8-16-11/h6-7,10-12,16H,2-5,8-9H2,1H3. The summed E-state index contributed by atoms with van der Waals surface area (Å²) in [4.78, 5) is 4.09. The van der Waals surface area contributed by atoms with Crippen molar-refractivity contribution in [2.75, 3.05) is 13.1 Å². The fraction of sp³-hybridized carbons (Fsp3) is 0.714. The number of halogens is 1. The first-order chi connectivity index (χ1) is 8.74. The highest BCUT2D eigenvalue weighted by molar-refractivity contribution is 7.16. The molecule has 2 aliphatic rings. The Bertz CT molecular complexity index is 396. The van der Waals surface area contributed by atoms with Crippen molar-refractivity contribution in [3.63, 3.8) is 0 Å². The molecule has 0 bridgehead atoms. The van der Waals surface area contributed by atoms with Gasteiger partial charge in [-0.1, -0.05) is 11.6 Å². The summed E-state index contributed by atoms with van der Waals surface area (Å²) < 4.78 is 0.909. The lowest BCUT2D eigenvalue weighted by molar-refractivity contribution is 0.184. The molecule has 2 unspecified atom stereocenters. The van der Waals surface area contributed by atoms with Crippen molar-refractivity contribution in [2.24, 2.45) is 0 Å². The van der Waals surface area contributed by atoms with Crippen molar-refractivity contribution in [1.82, 2.24) is 10.2 Å². The van der Waals surface area contributed by atoms with Crippen molar-refractivity contribution in [2.45, 2.75) is 50.7 Å². The number of hydrogen-bond donors (Lipinski definition) is 1. The van der Waals surface area contributed by atoms with E-state index in [1.165, 1.54) is 43.6 Å². The van der Waals surface area contributed by atoms with Gasteiger partial charge < -0.3 is 5.32 Å². The van der Waals surface area contributed by atoms with Crippen molar-refractivity contribution in [1.29, 1.82) is 0 Å². The topological polar surface area (TPSA) is 15.3 Å². The predicted molar refractivity (Wildman–Crippen MR) is 78.5 cm³/mol. The first kappa shape index (κ1) is 12.9. The summed E-state index contributed by atoms with van der Waals surface area (Å²) in [7, 11) is 0. The average Bonchev–Trinajstić information content (AvgIpc) is 2.88. The average molecular weight is 285 g/mol. The van der Waals surface area contributed by atoms with Gasteiger partial charge in [0.25, 0.3) is 0 Å². The molecule has 3 rings (SSSR count). The van der Waals surface area contributed by atoms with E-state index in [-0.39, 0.29) is 0 Å². The molecular formula is C14H21ClN2S. The number of hydrogen-bond acceptors (Lipinski definition) is 3. The zero-order valence-electron chi connectivity index (χ0n) is 10.9. The molecule has 1 saturated heterocycles. The third-order valence-corrected chi connectivity index (χ3v) is 5.51. The highest BCUT2D eigenvalue weighted by Gasteiger charge is 2.35. The van der Waals surface area contributed by atoms with E-state index in [9.17, 15) is 0 Å². The van der Waals surface area contributed by atoms with Crippen LogP contribution in [0.15, 0.2) is 12.1 Å². The Hall–Kier alpha value is -0.0900. The predicted octanol–water partition coefficient (Wildman–Crippen LogP) is 3.68. The summed E-state index contributed by atoms with van der Waals surface area (Å²) in [6.07, 6.45) is 5.41. The Labute approximate surface area is 118 Å². The van der Waals surface area contributed by atoms with Gasteiger partial charge in [0.15, 0.2) is 0 Å². The molecule has 2 fully saturated rings. The van der Waals surface area contributed by atoms with Crippen LogP contribution < -0.4 is 5.32 Å². The first-order valence-corrected chi connectivity index (χ1v) is 8.18. The van der Waals surface area contributed by atoms with Crippen LogP contribution in [0.2, 0.25) is 4.34 Å². The van der Waals surface area contributed by atoms with Crippen molar-refractivity contribution in [3.8, 4) is 0 Å². The molecule has 100 valence electrons. The lowest BCUT2D eigenvalue weighted by Crippen LogP contribution is -2.40. The SMILES string of the molecule is CC(c1ccc(Cl)s1)N(CC1CCCN1)C1CC1. The summed E-state index contributed by atoms with van der Waals surface area (Å²) in [5.41, 5.74) is 0. The molecule has 2 heterocycles. The van der Waals surface area contributed by atoms with Crippen molar-refractivity contribution >= 4 is 22.9 Å². The smallest absolute Gasteiger partial charge is 0.0931 e. The molecule has 0 spiro atoms. The molecule has 1 aliphatic carbocycles. The third kappa shape index (κ3) is 2.90.